The molecule has 0 spiro atoms. The third kappa shape index (κ3) is 0.966. The topological polar surface area (TPSA) is 28.7 Å². The number of nitrogens with one attached hydrogen (secondary N) is 1. The maximum atomic E-state index is 4.28. The number of rotatable bonds is 0. The van der Waals surface area contributed by atoms with E-state index in [0.29, 0.717) is 0 Å². The van der Waals surface area contributed by atoms with Crippen LogP contribution >= 0.6 is 15.9 Å². The average molecular weight is 225 g/mol. The van der Waals surface area contributed by atoms with Gasteiger partial charge >= 0.3 is 0 Å². The van der Waals surface area contributed by atoms with E-state index in [4.69, 9.17) is 0 Å². The third-order valence-electron chi connectivity index (χ3n) is 2.17. The summed E-state index contributed by atoms with van der Waals surface area (Å²) >= 11 is 3.48. The number of aromatic amines is 1. The van der Waals surface area contributed by atoms with E-state index < -0.39 is 0 Å². The average Bonchev–Trinajstić information content (AvgIpc) is 2.41. The highest BCUT2D eigenvalue weighted by Crippen LogP contribution is 2.26. The Balaban J connectivity index is 2.96. The van der Waals surface area contributed by atoms with Crippen molar-refractivity contribution in [1.82, 2.24) is 9.97 Å². The molecular weight excluding hydrogens is 216 g/mol. The maximum absolute atomic E-state index is 4.28. The van der Waals surface area contributed by atoms with Crippen LogP contribution in [0.25, 0.3) is 11.0 Å². The predicted octanol–water partition coefficient (Wildman–Crippen LogP) is 2.94. The van der Waals surface area contributed by atoms with Gasteiger partial charge in [0.15, 0.2) is 0 Å². The van der Waals surface area contributed by atoms with Crippen molar-refractivity contribution in [3.05, 3.63) is 28.0 Å². The van der Waals surface area contributed by atoms with Gasteiger partial charge in [0.05, 0.1) is 0 Å². The molecule has 0 atom stereocenters. The van der Waals surface area contributed by atoms with E-state index in [2.05, 4.69) is 39.7 Å². The molecule has 0 amide bonds. The van der Waals surface area contributed by atoms with Crippen LogP contribution in [0.3, 0.4) is 0 Å². The van der Waals surface area contributed by atoms with Gasteiger partial charge in [0.2, 0.25) is 0 Å². The second-order valence-corrected chi connectivity index (χ2v) is 3.78. The van der Waals surface area contributed by atoms with Gasteiger partial charge in [0.1, 0.15) is 5.65 Å². The number of hydrogen-bond donors (Lipinski definition) is 1. The summed E-state index contributed by atoms with van der Waals surface area (Å²) in [5.74, 6) is 0. The lowest BCUT2D eigenvalue weighted by atomic mass is 10.1. The van der Waals surface area contributed by atoms with Crippen molar-refractivity contribution in [2.45, 2.75) is 13.8 Å². The minimum Gasteiger partial charge on any atom is -0.345 e. The third-order valence-corrected chi connectivity index (χ3v) is 2.79. The molecular formula is C9H9BrN2. The van der Waals surface area contributed by atoms with Crippen molar-refractivity contribution in [1.29, 1.82) is 0 Å². The highest BCUT2D eigenvalue weighted by atomic mass is 79.9. The zero-order valence-electron chi connectivity index (χ0n) is 6.98. The summed E-state index contributed by atoms with van der Waals surface area (Å²) in [6.45, 7) is 4.18. The van der Waals surface area contributed by atoms with Gasteiger partial charge in [-0.15, -0.1) is 0 Å². The SMILES string of the molecule is Cc1cnc2[nH]cc(Br)c2c1C. The number of aromatic nitrogens is 2. The van der Waals surface area contributed by atoms with E-state index in [1.54, 1.807) is 0 Å². The van der Waals surface area contributed by atoms with Crippen molar-refractivity contribution >= 4 is 27.0 Å². The largest absolute Gasteiger partial charge is 0.345 e. The Kier molecular flexibility index (Phi) is 1.68. The van der Waals surface area contributed by atoms with Crippen LogP contribution in [0.15, 0.2) is 16.9 Å². The summed E-state index contributed by atoms with van der Waals surface area (Å²) in [5.41, 5.74) is 3.46. The second-order valence-electron chi connectivity index (χ2n) is 2.93. The van der Waals surface area contributed by atoms with E-state index in [1.165, 1.54) is 16.5 Å². The number of pyridine rings is 1. The van der Waals surface area contributed by atoms with Crippen LogP contribution in [-0.4, -0.2) is 9.97 Å². The summed E-state index contributed by atoms with van der Waals surface area (Å²) < 4.78 is 1.09. The van der Waals surface area contributed by atoms with Gasteiger partial charge < -0.3 is 4.98 Å². The molecule has 2 nitrogen and oxygen atoms in total. The number of hydrogen-bond acceptors (Lipinski definition) is 1. The van der Waals surface area contributed by atoms with Gasteiger partial charge in [-0.2, -0.15) is 0 Å². The minimum atomic E-state index is 0.949. The first-order chi connectivity index (χ1) is 5.70. The molecule has 62 valence electrons. The van der Waals surface area contributed by atoms with Crippen molar-refractivity contribution < 1.29 is 0 Å². The number of nitrogens with zero attached hydrogens (tertiary/aromatic N) is 1. The molecule has 2 aromatic rings. The van der Waals surface area contributed by atoms with Crippen LogP contribution in [0.5, 0.6) is 0 Å². The molecule has 0 aliphatic carbocycles. The molecule has 2 rings (SSSR count). The molecule has 0 bridgehead atoms. The Labute approximate surface area is 79.1 Å². The van der Waals surface area contributed by atoms with Crippen LogP contribution in [0.4, 0.5) is 0 Å². The number of fused-ring (bicyclic) bond motifs is 1. The van der Waals surface area contributed by atoms with Crippen LogP contribution in [0.2, 0.25) is 0 Å². The van der Waals surface area contributed by atoms with E-state index in [1.807, 2.05) is 12.4 Å². The van der Waals surface area contributed by atoms with E-state index in [-0.39, 0.29) is 0 Å². The van der Waals surface area contributed by atoms with Gasteiger partial charge in [-0.25, -0.2) is 4.98 Å². The monoisotopic (exact) mass is 224 g/mol. The van der Waals surface area contributed by atoms with Crippen molar-refractivity contribution in [3.8, 4) is 0 Å². The molecule has 0 saturated carbocycles. The van der Waals surface area contributed by atoms with Crippen molar-refractivity contribution in [2.75, 3.05) is 0 Å². The van der Waals surface area contributed by atoms with Crippen molar-refractivity contribution in [2.24, 2.45) is 0 Å². The van der Waals surface area contributed by atoms with Crippen LogP contribution in [0.1, 0.15) is 11.1 Å². The van der Waals surface area contributed by atoms with Gasteiger partial charge in [-0.3, -0.25) is 0 Å². The summed E-state index contributed by atoms with van der Waals surface area (Å²) in [6, 6.07) is 0. The molecule has 0 aliphatic rings. The highest BCUT2D eigenvalue weighted by molar-refractivity contribution is 9.10. The first kappa shape index (κ1) is 7.80. The molecule has 0 fully saturated rings. The lowest BCUT2D eigenvalue weighted by Gasteiger charge is -1.99. The van der Waals surface area contributed by atoms with Gasteiger partial charge in [-0.1, -0.05) is 0 Å². The van der Waals surface area contributed by atoms with Crippen LogP contribution < -0.4 is 0 Å². The molecule has 0 unspecified atom stereocenters. The molecule has 0 radical (unpaired) electrons. The number of aryl methyl sites for hydroxylation is 2. The highest BCUT2D eigenvalue weighted by Gasteiger charge is 2.06. The summed E-state index contributed by atoms with van der Waals surface area (Å²) in [7, 11) is 0. The quantitative estimate of drug-likeness (QED) is 0.733. The smallest absolute Gasteiger partial charge is 0.138 e. The zero-order chi connectivity index (χ0) is 8.72. The zero-order valence-corrected chi connectivity index (χ0v) is 8.57. The number of H-pyrrole nitrogens is 1. The Hall–Kier alpha value is -0.830. The number of halogens is 1. The lowest BCUT2D eigenvalue weighted by molar-refractivity contribution is 1.25. The predicted molar refractivity (Wildman–Crippen MR) is 53.3 cm³/mol. The molecule has 2 aromatic heterocycles. The molecule has 12 heavy (non-hydrogen) atoms. The fraction of sp³-hybridized carbons (Fsp3) is 0.222. The fourth-order valence-corrected chi connectivity index (χ4v) is 1.90. The second kappa shape index (κ2) is 2.59. The fourth-order valence-electron chi connectivity index (χ4n) is 1.30. The van der Waals surface area contributed by atoms with Crippen LogP contribution in [-0.2, 0) is 0 Å². The Bertz CT molecular complexity index is 431. The molecule has 0 saturated heterocycles. The standard InChI is InChI=1S/C9H9BrN2/c1-5-3-11-9-8(6(5)2)7(10)4-12-9/h3-4H,1-2H3,(H,11,12). The van der Waals surface area contributed by atoms with E-state index >= 15 is 0 Å². The molecule has 2 heterocycles. The van der Waals surface area contributed by atoms with Gasteiger partial charge in [-0.05, 0) is 40.9 Å². The summed E-state index contributed by atoms with van der Waals surface area (Å²) in [6.07, 6.45) is 3.81. The van der Waals surface area contributed by atoms with Crippen molar-refractivity contribution in [3.63, 3.8) is 0 Å². The normalized spacial score (nSPS) is 10.9. The summed E-state index contributed by atoms with van der Waals surface area (Å²) in [4.78, 5) is 7.37. The Morgan fingerprint density at radius 2 is 2.17 bits per heavy atom. The lowest BCUT2D eigenvalue weighted by Crippen LogP contribution is -1.85. The van der Waals surface area contributed by atoms with E-state index in [9.17, 15) is 0 Å². The van der Waals surface area contributed by atoms with Gasteiger partial charge in [0.25, 0.3) is 0 Å². The van der Waals surface area contributed by atoms with Crippen LogP contribution in [0, 0.1) is 13.8 Å². The minimum absolute atomic E-state index is 0.949. The Morgan fingerprint density at radius 1 is 1.42 bits per heavy atom. The first-order valence-electron chi connectivity index (χ1n) is 3.79. The molecule has 0 aromatic carbocycles. The van der Waals surface area contributed by atoms with Gasteiger partial charge in [0, 0.05) is 22.3 Å². The molecule has 1 N–H and O–H groups in total. The Morgan fingerprint density at radius 3 is 2.92 bits per heavy atom. The molecule has 0 aliphatic heterocycles. The first-order valence-corrected chi connectivity index (χ1v) is 4.58. The summed E-state index contributed by atoms with van der Waals surface area (Å²) in [5, 5.41) is 1.19. The molecule has 3 heteroatoms. The van der Waals surface area contributed by atoms with E-state index in [0.717, 1.165) is 10.1 Å². The maximum Gasteiger partial charge on any atom is 0.138 e.